The summed E-state index contributed by atoms with van der Waals surface area (Å²) in [5, 5.41) is 15.8. The number of carbonyl (C=O) groups is 2. The Hall–Kier alpha value is -2.95. The summed E-state index contributed by atoms with van der Waals surface area (Å²) in [6, 6.07) is 3.17. The lowest BCUT2D eigenvalue weighted by Gasteiger charge is -2.42. The van der Waals surface area contributed by atoms with Crippen molar-refractivity contribution in [2.45, 2.75) is 72.4 Å². The highest BCUT2D eigenvalue weighted by Crippen LogP contribution is 2.44. The number of allylic oxidation sites excluding steroid dienone is 2. The molecule has 41 heavy (non-hydrogen) atoms. The lowest BCUT2D eigenvalue weighted by molar-refractivity contribution is -0.132. The first kappa shape index (κ1) is 32.6. The third-order valence-electron chi connectivity index (χ3n) is 7.44. The largest absolute Gasteiger partial charge is 0.391 e. The number of carbonyl (C=O) groups excluding carboxylic acids is 2. The number of benzene rings is 1. The molecule has 224 valence electrons. The van der Waals surface area contributed by atoms with Gasteiger partial charge >= 0.3 is 0 Å². The molecule has 3 atom stereocenters. The highest BCUT2D eigenvalue weighted by Gasteiger charge is 2.48. The number of nitrogens with two attached hydrogens (primary N) is 1. The fourth-order valence-corrected chi connectivity index (χ4v) is 6.47. The molecule has 1 aromatic heterocycles. The first-order chi connectivity index (χ1) is 19.5. The minimum Gasteiger partial charge on any atom is -0.391 e. The highest BCUT2D eigenvalue weighted by atomic mass is 32.1. The first-order valence-electron chi connectivity index (χ1n) is 14.3. The molecule has 2 amide bonds. The fraction of sp³-hybridized carbons (Fsp3) is 0.516. The van der Waals surface area contributed by atoms with Crippen molar-refractivity contribution >= 4 is 23.2 Å². The summed E-state index contributed by atoms with van der Waals surface area (Å²) in [6.07, 6.45) is 6.48. The number of nitrogens with one attached hydrogen (secondary N) is 1. The van der Waals surface area contributed by atoms with Crippen molar-refractivity contribution < 1.29 is 23.5 Å². The van der Waals surface area contributed by atoms with Crippen molar-refractivity contribution in [1.82, 2.24) is 15.2 Å². The third kappa shape index (κ3) is 8.30. The molecule has 0 bridgehead atoms. The molecule has 10 heteroatoms. The van der Waals surface area contributed by atoms with E-state index in [0.29, 0.717) is 30.8 Å². The quantitative estimate of drug-likeness (QED) is 0.280. The van der Waals surface area contributed by atoms with Gasteiger partial charge in [-0.1, -0.05) is 38.5 Å². The SMILES string of the molecule is CCCN(CCC)C(=O)C1=CC(C)=CC(C(N)=O)([C@H](Cc2cc(F)cc(F)c2)[C@@H](O)CNCc2cnc(CC)s2)C1. The summed E-state index contributed by atoms with van der Waals surface area (Å²) in [7, 11) is 0. The molecule has 0 aliphatic heterocycles. The molecule has 0 saturated heterocycles. The summed E-state index contributed by atoms with van der Waals surface area (Å²) >= 11 is 1.57. The Bertz CT molecular complexity index is 1250. The van der Waals surface area contributed by atoms with E-state index in [1.165, 1.54) is 12.1 Å². The van der Waals surface area contributed by atoms with Gasteiger partial charge in [0.1, 0.15) is 11.6 Å². The zero-order chi connectivity index (χ0) is 30.2. The molecule has 1 aliphatic carbocycles. The van der Waals surface area contributed by atoms with Crippen LogP contribution in [0.2, 0.25) is 0 Å². The Morgan fingerprint density at radius 3 is 2.39 bits per heavy atom. The molecule has 1 heterocycles. The van der Waals surface area contributed by atoms with Crippen molar-refractivity contribution in [1.29, 1.82) is 0 Å². The fourth-order valence-electron chi connectivity index (χ4n) is 5.64. The summed E-state index contributed by atoms with van der Waals surface area (Å²) in [4.78, 5) is 34.1. The molecule has 2 aromatic rings. The van der Waals surface area contributed by atoms with E-state index in [2.05, 4.69) is 10.3 Å². The first-order valence-corrected chi connectivity index (χ1v) is 15.1. The second-order valence-electron chi connectivity index (χ2n) is 10.8. The number of nitrogens with zero attached hydrogens (tertiary/aromatic N) is 2. The molecule has 0 fully saturated rings. The summed E-state index contributed by atoms with van der Waals surface area (Å²) in [5.74, 6) is -3.26. The Labute approximate surface area is 245 Å². The van der Waals surface area contributed by atoms with Crippen LogP contribution in [0.5, 0.6) is 0 Å². The normalized spacial score (nSPS) is 18.4. The van der Waals surface area contributed by atoms with Gasteiger partial charge in [0.15, 0.2) is 0 Å². The number of primary amides is 1. The number of hydrogen-bond acceptors (Lipinski definition) is 6. The maximum Gasteiger partial charge on any atom is 0.249 e. The number of aliphatic hydroxyl groups is 1. The smallest absolute Gasteiger partial charge is 0.249 e. The van der Waals surface area contributed by atoms with Gasteiger partial charge in [0.2, 0.25) is 11.8 Å². The molecular formula is C31H42F2N4O3S. The Morgan fingerprint density at radius 2 is 1.83 bits per heavy atom. The van der Waals surface area contributed by atoms with Crippen molar-refractivity contribution in [3.8, 4) is 0 Å². The van der Waals surface area contributed by atoms with Gasteiger partial charge in [0, 0.05) is 54.8 Å². The van der Waals surface area contributed by atoms with Crippen LogP contribution >= 0.6 is 11.3 Å². The van der Waals surface area contributed by atoms with Crippen LogP contribution in [0.4, 0.5) is 8.78 Å². The Morgan fingerprint density at radius 1 is 1.17 bits per heavy atom. The van der Waals surface area contributed by atoms with Gasteiger partial charge < -0.3 is 21.1 Å². The predicted molar refractivity (Wildman–Crippen MR) is 158 cm³/mol. The van der Waals surface area contributed by atoms with Crippen molar-refractivity contribution in [3.05, 3.63) is 74.8 Å². The number of rotatable bonds is 15. The van der Waals surface area contributed by atoms with Crippen LogP contribution in [0.1, 0.15) is 62.4 Å². The van der Waals surface area contributed by atoms with Crippen LogP contribution in [-0.2, 0) is 29.0 Å². The highest BCUT2D eigenvalue weighted by molar-refractivity contribution is 7.11. The van der Waals surface area contributed by atoms with E-state index in [1.54, 1.807) is 41.5 Å². The lowest BCUT2D eigenvalue weighted by atomic mass is 9.63. The van der Waals surface area contributed by atoms with Gasteiger partial charge in [-0.2, -0.15) is 0 Å². The van der Waals surface area contributed by atoms with Crippen LogP contribution in [0.3, 0.4) is 0 Å². The zero-order valence-electron chi connectivity index (χ0n) is 24.4. The van der Waals surface area contributed by atoms with Gasteiger partial charge in [-0.15, -0.1) is 11.3 Å². The Balaban J connectivity index is 1.97. The minimum atomic E-state index is -1.46. The number of halogens is 2. The number of thiazole rings is 1. The van der Waals surface area contributed by atoms with E-state index >= 15 is 0 Å². The monoisotopic (exact) mass is 588 g/mol. The van der Waals surface area contributed by atoms with Crippen LogP contribution < -0.4 is 11.1 Å². The minimum absolute atomic E-state index is 0.0172. The molecule has 0 spiro atoms. The summed E-state index contributed by atoms with van der Waals surface area (Å²) in [5.41, 5.74) is 6.01. The summed E-state index contributed by atoms with van der Waals surface area (Å²) in [6.45, 7) is 9.51. The van der Waals surface area contributed by atoms with E-state index < -0.39 is 35.0 Å². The number of aromatic nitrogens is 1. The van der Waals surface area contributed by atoms with Crippen LogP contribution in [0.15, 0.2) is 47.7 Å². The van der Waals surface area contributed by atoms with Crippen LogP contribution in [-0.4, -0.2) is 52.5 Å². The standard InChI is InChI=1S/C31H42F2N4O3S/c1-5-8-37(9-6-2)29(39)22-10-20(4)15-31(16-22,30(34)40)26(13-21-11-23(32)14-24(33)12-21)27(38)19-35-17-25-18-36-28(7-3)41-25/h10-12,14-15,18,26-27,35,38H,5-9,13,16-17,19H2,1-4H3,(H2,34,40)/t26-,27+,31?/m1/s1. The van der Waals surface area contributed by atoms with E-state index in [4.69, 9.17) is 5.73 Å². The van der Waals surface area contributed by atoms with E-state index in [0.717, 1.165) is 35.2 Å². The third-order valence-corrected chi connectivity index (χ3v) is 8.58. The number of hydrogen-bond donors (Lipinski definition) is 3. The predicted octanol–water partition coefficient (Wildman–Crippen LogP) is 4.69. The van der Waals surface area contributed by atoms with E-state index in [9.17, 15) is 23.5 Å². The van der Waals surface area contributed by atoms with E-state index in [-0.39, 0.29) is 30.9 Å². The molecule has 3 rings (SSSR count). The second kappa shape index (κ2) is 14.8. The maximum absolute atomic E-state index is 14.2. The molecule has 1 aromatic carbocycles. The van der Waals surface area contributed by atoms with Gasteiger partial charge in [0.05, 0.1) is 16.5 Å². The molecular weight excluding hydrogens is 546 g/mol. The van der Waals surface area contributed by atoms with Crippen molar-refractivity contribution in [3.63, 3.8) is 0 Å². The van der Waals surface area contributed by atoms with Crippen molar-refractivity contribution in [2.75, 3.05) is 19.6 Å². The molecule has 0 radical (unpaired) electrons. The molecule has 1 aliphatic rings. The number of aliphatic hydroxyl groups excluding tert-OH is 1. The van der Waals surface area contributed by atoms with Gasteiger partial charge in [0.25, 0.3) is 0 Å². The van der Waals surface area contributed by atoms with Gasteiger partial charge in [-0.05, 0) is 56.7 Å². The molecule has 0 saturated carbocycles. The van der Waals surface area contributed by atoms with Gasteiger partial charge in [-0.25, -0.2) is 13.8 Å². The Kier molecular flexibility index (Phi) is 11.7. The second-order valence-corrected chi connectivity index (χ2v) is 12.0. The number of amides is 2. The van der Waals surface area contributed by atoms with Gasteiger partial charge in [-0.3, -0.25) is 9.59 Å². The van der Waals surface area contributed by atoms with Crippen LogP contribution in [0.25, 0.3) is 0 Å². The topological polar surface area (TPSA) is 109 Å². The average Bonchev–Trinajstić information content (AvgIpc) is 3.38. The average molecular weight is 589 g/mol. The van der Waals surface area contributed by atoms with Crippen molar-refractivity contribution in [2.24, 2.45) is 17.1 Å². The zero-order valence-corrected chi connectivity index (χ0v) is 25.2. The van der Waals surface area contributed by atoms with Crippen LogP contribution in [0, 0.1) is 23.0 Å². The summed E-state index contributed by atoms with van der Waals surface area (Å²) < 4.78 is 28.4. The van der Waals surface area contributed by atoms with E-state index in [1.807, 2.05) is 20.8 Å². The molecule has 4 N–H and O–H groups in total. The maximum atomic E-state index is 14.2. The molecule has 1 unspecified atom stereocenters. The lowest BCUT2D eigenvalue weighted by Crippen LogP contribution is -2.51. The number of aryl methyl sites for hydroxylation is 1. The molecule has 7 nitrogen and oxygen atoms in total.